The maximum absolute atomic E-state index is 11.8. The Labute approximate surface area is 236 Å². The predicted molar refractivity (Wildman–Crippen MR) is 142 cm³/mol. The fourth-order valence-electron chi connectivity index (χ4n) is 4.28. The van der Waals surface area contributed by atoms with E-state index in [4.69, 9.17) is 9.05 Å². The third kappa shape index (κ3) is 31.1. The minimum Gasteiger partial charge on any atom is -0.756 e. The molecular weight excluding hydrogens is 454 g/mol. The molecule has 0 fully saturated rings. The molecule has 0 bridgehead atoms. The number of hydrogen-bond donors (Lipinski definition) is 0. The van der Waals surface area contributed by atoms with E-state index in [9.17, 15) is 9.46 Å². The molecule has 0 spiro atoms. The van der Waals surface area contributed by atoms with E-state index in [1.165, 1.54) is 128 Å². The summed E-state index contributed by atoms with van der Waals surface area (Å²) in [4.78, 5) is 11.8. The molecule has 6 heteroatoms. The van der Waals surface area contributed by atoms with E-state index in [0.717, 1.165) is 25.7 Å². The third-order valence-electron chi connectivity index (χ3n) is 6.49. The quantitative estimate of drug-likeness (QED) is 0.0650. The van der Waals surface area contributed by atoms with Crippen molar-refractivity contribution >= 4 is 7.82 Å². The summed E-state index contributed by atoms with van der Waals surface area (Å²) < 4.78 is 21.8. The first kappa shape index (κ1) is 37.3. The van der Waals surface area contributed by atoms with E-state index in [0.29, 0.717) is 0 Å². The van der Waals surface area contributed by atoms with Crippen molar-refractivity contribution in [3.63, 3.8) is 0 Å². The molecule has 0 atom stereocenters. The van der Waals surface area contributed by atoms with Gasteiger partial charge in [-0.2, -0.15) is 0 Å². The van der Waals surface area contributed by atoms with Gasteiger partial charge in [0, 0.05) is 0 Å². The maximum Gasteiger partial charge on any atom is 1.00 e. The normalized spacial score (nSPS) is 11.6. The van der Waals surface area contributed by atoms with Crippen LogP contribution in [0.15, 0.2) is 0 Å². The fraction of sp³-hybridized carbons (Fsp3) is 1.00. The Morgan fingerprint density at radius 1 is 0.441 bits per heavy atom. The van der Waals surface area contributed by atoms with E-state index < -0.39 is 7.82 Å². The molecule has 0 N–H and O–H groups in total. The smallest absolute Gasteiger partial charge is 0.756 e. The summed E-state index contributed by atoms with van der Waals surface area (Å²) >= 11 is 0. The molecule has 0 aliphatic carbocycles. The molecule has 0 aromatic carbocycles. The van der Waals surface area contributed by atoms with Crippen molar-refractivity contribution in [2.24, 2.45) is 0 Å². The van der Waals surface area contributed by atoms with Crippen molar-refractivity contribution in [3.8, 4) is 0 Å². The van der Waals surface area contributed by atoms with E-state index >= 15 is 0 Å². The number of unbranched alkanes of at least 4 members (excludes halogenated alkanes) is 22. The van der Waals surface area contributed by atoms with Gasteiger partial charge in [-0.15, -0.1) is 0 Å². The number of phosphoric ester groups is 1. The van der Waals surface area contributed by atoms with Crippen LogP contribution in [0.2, 0.25) is 0 Å². The van der Waals surface area contributed by atoms with Crippen LogP contribution in [-0.4, -0.2) is 13.2 Å². The second-order valence-electron chi connectivity index (χ2n) is 9.89. The zero-order valence-electron chi connectivity index (χ0n) is 23.5. The van der Waals surface area contributed by atoms with E-state index in [1.807, 2.05) is 0 Å². The van der Waals surface area contributed by atoms with E-state index in [2.05, 4.69) is 13.8 Å². The van der Waals surface area contributed by atoms with E-state index in [-0.39, 0.29) is 42.8 Å². The maximum atomic E-state index is 11.8. The third-order valence-corrected chi connectivity index (χ3v) is 7.49. The molecule has 0 amide bonds. The van der Waals surface area contributed by atoms with Gasteiger partial charge in [0.2, 0.25) is 0 Å². The molecule has 0 rings (SSSR count). The standard InChI is InChI=1S/C28H59O4P.Na/c1-3-5-7-9-11-13-15-17-19-21-23-25-27-31-33(29,30)32-28-26-24-22-20-18-16-14-12-10-8-6-4-2;/h3-28H2,1-2H3,(H,29,30);/q;+1/p-1. The number of rotatable bonds is 28. The Balaban J connectivity index is 0. The van der Waals surface area contributed by atoms with Crippen LogP contribution in [-0.2, 0) is 13.6 Å². The van der Waals surface area contributed by atoms with Crippen molar-refractivity contribution < 1.29 is 48.1 Å². The molecule has 34 heavy (non-hydrogen) atoms. The van der Waals surface area contributed by atoms with Crippen LogP contribution in [0.4, 0.5) is 0 Å². The first-order valence-corrected chi connectivity index (χ1v) is 16.2. The molecular formula is C28H58NaO4P. The van der Waals surface area contributed by atoms with Crippen LogP contribution >= 0.6 is 7.82 Å². The van der Waals surface area contributed by atoms with Crippen LogP contribution in [0.1, 0.15) is 168 Å². The fourth-order valence-corrected chi connectivity index (χ4v) is 5.06. The Morgan fingerprint density at radius 2 is 0.647 bits per heavy atom. The van der Waals surface area contributed by atoms with Gasteiger partial charge in [0.25, 0.3) is 7.82 Å². The molecule has 0 radical (unpaired) electrons. The van der Waals surface area contributed by atoms with Crippen molar-refractivity contribution in [2.75, 3.05) is 13.2 Å². The SMILES string of the molecule is CCCCCCCCCCCCCCOP(=O)([O-])OCCCCCCCCCCCCCC.[Na+]. The summed E-state index contributed by atoms with van der Waals surface area (Å²) in [5, 5.41) is 0. The minimum absolute atomic E-state index is 0. The van der Waals surface area contributed by atoms with Gasteiger partial charge in [-0.05, 0) is 12.8 Å². The van der Waals surface area contributed by atoms with Gasteiger partial charge < -0.3 is 13.9 Å². The summed E-state index contributed by atoms with van der Waals surface area (Å²) in [5.41, 5.74) is 0. The van der Waals surface area contributed by atoms with Gasteiger partial charge in [0.05, 0.1) is 13.2 Å². The topological polar surface area (TPSA) is 58.6 Å². The molecule has 0 aromatic rings. The van der Waals surface area contributed by atoms with Gasteiger partial charge in [-0.1, -0.05) is 155 Å². The van der Waals surface area contributed by atoms with Gasteiger partial charge in [-0.25, -0.2) is 0 Å². The molecule has 4 nitrogen and oxygen atoms in total. The molecule has 200 valence electrons. The molecule has 0 aromatic heterocycles. The van der Waals surface area contributed by atoms with Crippen molar-refractivity contribution in [1.82, 2.24) is 0 Å². The minimum atomic E-state index is -4.11. The monoisotopic (exact) mass is 512 g/mol. The van der Waals surface area contributed by atoms with Crippen LogP contribution in [0.5, 0.6) is 0 Å². The Hall–Kier alpha value is 1.11. The van der Waals surface area contributed by atoms with Gasteiger partial charge in [-0.3, -0.25) is 4.57 Å². The van der Waals surface area contributed by atoms with Gasteiger partial charge in [0.15, 0.2) is 0 Å². The van der Waals surface area contributed by atoms with Crippen LogP contribution in [0.3, 0.4) is 0 Å². The molecule has 0 heterocycles. The Bertz CT molecular complexity index is 389. The summed E-state index contributed by atoms with van der Waals surface area (Å²) in [7, 11) is -4.11. The number of hydrogen-bond acceptors (Lipinski definition) is 4. The Kier molecular flexibility index (Phi) is 33.2. The summed E-state index contributed by atoms with van der Waals surface area (Å²) in [6.07, 6.45) is 30.2. The molecule has 0 unspecified atom stereocenters. The summed E-state index contributed by atoms with van der Waals surface area (Å²) in [6.45, 7) is 5.04. The predicted octanol–water partition coefficient (Wildman–Crippen LogP) is 6.89. The summed E-state index contributed by atoms with van der Waals surface area (Å²) in [5.74, 6) is 0. The van der Waals surface area contributed by atoms with Crippen molar-refractivity contribution in [3.05, 3.63) is 0 Å². The molecule has 0 aliphatic rings. The number of phosphoric acid groups is 1. The summed E-state index contributed by atoms with van der Waals surface area (Å²) in [6, 6.07) is 0. The zero-order chi connectivity index (χ0) is 24.3. The van der Waals surface area contributed by atoms with Crippen LogP contribution in [0.25, 0.3) is 0 Å². The largest absolute Gasteiger partial charge is 1.00 e. The van der Waals surface area contributed by atoms with Crippen LogP contribution in [0, 0.1) is 0 Å². The molecule has 0 aliphatic heterocycles. The van der Waals surface area contributed by atoms with Gasteiger partial charge >= 0.3 is 29.6 Å². The second-order valence-corrected chi connectivity index (χ2v) is 11.3. The second kappa shape index (κ2) is 30.3. The van der Waals surface area contributed by atoms with Crippen molar-refractivity contribution in [2.45, 2.75) is 168 Å². The van der Waals surface area contributed by atoms with Crippen LogP contribution < -0.4 is 34.5 Å². The average molecular weight is 513 g/mol. The first-order chi connectivity index (χ1) is 16.1. The zero-order valence-corrected chi connectivity index (χ0v) is 26.4. The van der Waals surface area contributed by atoms with Crippen molar-refractivity contribution in [1.29, 1.82) is 0 Å². The first-order valence-electron chi connectivity index (χ1n) is 14.7. The molecule has 0 saturated heterocycles. The van der Waals surface area contributed by atoms with Gasteiger partial charge in [0.1, 0.15) is 0 Å². The van der Waals surface area contributed by atoms with E-state index in [1.54, 1.807) is 0 Å². The molecule has 0 saturated carbocycles. The Morgan fingerprint density at radius 3 is 0.882 bits per heavy atom. The average Bonchev–Trinajstić information content (AvgIpc) is 2.80.